The van der Waals surface area contributed by atoms with Crippen LogP contribution < -0.4 is 0 Å². The van der Waals surface area contributed by atoms with Crippen molar-refractivity contribution in [2.24, 2.45) is 16.7 Å². The quantitative estimate of drug-likeness (QED) is 0.695. The largest absolute Gasteiger partial charge is 0.465 e. The van der Waals surface area contributed by atoms with Gasteiger partial charge < -0.3 is 9.64 Å². The molecule has 6 nitrogen and oxygen atoms in total. The van der Waals surface area contributed by atoms with Gasteiger partial charge >= 0.3 is 5.97 Å². The van der Waals surface area contributed by atoms with E-state index in [0.717, 1.165) is 44.6 Å². The van der Waals surface area contributed by atoms with E-state index < -0.39 is 0 Å². The summed E-state index contributed by atoms with van der Waals surface area (Å²) in [5, 5.41) is 0. The van der Waals surface area contributed by atoms with Crippen molar-refractivity contribution in [3.63, 3.8) is 0 Å². The zero-order valence-electron chi connectivity index (χ0n) is 18.4. The molecule has 4 aliphatic rings. The summed E-state index contributed by atoms with van der Waals surface area (Å²) in [4.78, 5) is 35.7. The molecule has 3 heterocycles. The van der Waals surface area contributed by atoms with Gasteiger partial charge in [-0.1, -0.05) is 20.8 Å². The van der Waals surface area contributed by atoms with Crippen molar-refractivity contribution in [2.45, 2.75) is 77.0 Å². The van der Waals surface area contributed by atoms with Crippen LogP contribution in [0.1, 0.15) is 83.2 Å². The van der Waals surface area contributed by atoms with E-state index in [0.29, 0.717) is 30.3 Å². The smallest absolute Gasteiger partial charge is 0.306 e. The van der Waals surface area contributed by atoms with Crippen LogP contribution in [-0.4, -0.2) is 46.4 Å². The molecule has 0 bridgehead atoms. The molecular formula is C24H33N3O3. The molecule has 2 spiro atoms. The van der Waals surface area contributed by atoms with Crippen molar-refractivity contribution < 1.29 is 14.3 Å². The number of carbonyl (C=O) groups excluding carboxylic acids is 2. The van der Waals surface area contributed by atoms with Crippen LogP contribution in [0.4, 0.5) is 0 Å². The number of ether oxygens (including phenoxy) is 1. The highest BCUT2D eigenvalue weighted by Crippen LogP contribution is 2.57. The summed E-state index contributed by atoms with van der Waals surface area (Å²) in [6.07, 6.45) is 8.63. The van der Waals surface area contributed by atoms with Gasteiger partial charge in [-0.05, 0) is 50.0 Å². The molecular weight excluding hydrogens is 378 g/mol. The first-order valence-corrected chi connectivity index (χ1v) is 11.5. The number of amides is 1. The molecule has 1 aromatic rings. The fourth-order valence-electron chi connectivity index (χ4n) is 6.09. The second-order valence-electron chi connectivity index (χ2n) is 11.4. The van der Waals surface area contributed by atoms with Gasteiger partial charge in [-0.3, -0.25) is 9.59 Å². The fraction of sp³-hybridized carbons (Fsp3) is 0.750. The van der Waals surface area contributed by atoms with E-state index in [1.54, 1.807) is 0 Å². The number of carbonyl (C=O) groups is 2. The zero-order chi connectivity index (χ0) is 21.1. The lowest BCUT2D eigenvalue weighted by Crippen LogP contribution is -2.52. The molecule has 0 aromatic carbocycles. The maximum atomic E-state index is 12.9. The van der Waals surface area contributed by atoms with Crippen LogP contribution >= 0.6 is 0 Å². The minimum atomic E-state index is -0.0985. The number of likely N-dealkylation sites (tertiary alicyclic amines) is 1. The van der Waals surface area contributed by atoms with Gasteiger partial charge in [0.25, 0.3) is 0 Å². The summed E-state index contributed by atoms with van der Waals surface area (Å²) in [6.45, 7) is 8.73. The summed E-state index contributed by atoms with van der Waals surface area (Å²) in [7, 11) is 0. The lowest BCUT2D eigenvalue weighted by Gasteiger charge is -2.53. The van der Waals surface area contributed by atoms with Gasteiger partial charge in [0, 0.05) is 47.6 Å². The summed E-state index contributed by atoms with van der Waals surface area (Å²) in [5.74, 6) is 1.76. The highest BCUT2D eigenvalue weighted by Gasteiger charge is 2.54. The lowest BCUT2D eigenvalue weighted by molar-refractivity contribution is -0.147. The average Bonchev–Trinajstić information content (AvgIpc) is 3.06. The highest BCUT2D eigenvalue weighted by atomic mass is 16.5. The molecule has 0 radical (unpaired) electrons. The number of hydrogen-bond donors (Lipinski definition) is 0. The van der Waals surface area contributed by atoms with E-state index in [4.69, 9.17) is 9.72 Å². The van der Waals surface area contributed by atoms with Gasteiger partial charge in [-0.15, -0.1) is 0 Å². The molecule has 162 valence electrons. The minimum Gasteiger partial charge on any atom is -0.465 e. The normalized spacial score (nSPS) is 27.6. The molecule has 1 amide bonds. The Morgan fingerprint density at radius 2 is 1.83 bits per heavy atom. The van der Waals surface area contributed by atoms with Crippen molar-refractivity contribution in [1.29, 1.82) is 0 Å². The van der Waals surface area contributed by atoms with Gasteiger partial charge in [-0.25, -0.2) is 9.97 Å². The third-order valence-corrected chi connectivity index (χ3v) is 8.03. The molecule has 2 aliphatic heterocycles. The molecule has 0 unspecified atom stereocenters. The van der Waals surface area contributed by atoms with Gasteiger partial charge in [-0.2, -0.15) is 0 Å². The Morgan fingerprint density at radius 1 is 1.13 bits per heavy atom. The van der Waals surface area contributed by atoms with E-state index in [-0.39, 0.29) is 22.7 Å². The van der Waals surface area contributed by atoms with E-state index in [1.165, 1.54) is 18.5 Å². The molecule has 0 N–H and O–H groups in total. The van der Waals surface area contributed by atoms with Crippen LogP contribution in [0.5, 0.6) is 0 Å². The summed E-state index contributed by atoms with van der Waals surface area (Å²) in [6, 6.07) is 2.08. The zero-order valence-corrected chi connectivity index (χ0v) is 18.4. The summed E-state index contributed by atoms with van der Waals surface area (Å²) >= 11 is 0. The van der Waals surface area contributed by atoms with E-state index in [9.17, 15) is 9.59 Å². The predicted octanol–water partition coefficient (Wildman–Crippen LogP) is 3.60. The van der Waals surface area contributed by atoms with Gasteiger partial charge in [0.05, 0.1) is 13.0 Å². The number of rotatable bonds is 2. The van der Waals surface area contributed by atoms with Crippen molar-refractivity contribution in [1.82, 2.24) is 14.9 Å². The molecule has 6 heteroatoms. The van der Waals surface area contributed by atoms with Crippen LogP contribution in [0.2, 0.25) is 0 Å². The maximum Gasteiger partial charge on any atom is 0.306 e. The van der Waals surface area contributed by atoms with Gasteiger partial charge in [0.2, 0.25) is 5.91 Å². The van der Waals surface area contributed by atoms with Gasteiger partial charge in [0.1, 0.15) is 5.82 Å². The molecule has 30 heavy (non-hydrogen) atoms. The SMILES string of the molecule is CC(C)(C)c1nccc(C2CC3(CCN(C(=O)C4CC5(COC(=O)C5)C4)CC3)C2)n1. The van der Waals surface area contributed by atoms with Crippen LogP contribution in [0.25, 0.3) is 0 Å². The molecule has 5 rings (SSSR count). The molecule has 0 atom stereocenters. The Morgan fingerprint density at radius 3 is 2.43 bits per heavy atom. The molecule has 2 saturated heterocycles. The number of cyclic esters (lactones) is 1. The number of nitrogens with zero attached hydrogens (tertiary/aromatic N) is 3. The Bertz CT molecular complexity index is 853. The van der Waals surface area contributed by atoms with Crippen molar-refractivity contribution in [2.75, 3.05) is 19.7 Å². The van der Waals surface area contributed by atoms with Crippen LogP contribution in [0, 0.1) is 16.7 Å². The fourth-order valence-corrected chi connectivity index (χ4v) is 6.09. The molecule has 2 saturated carbocycles. The van der Waals surface area contributed by atoms with Crippen LogP contribution in [-0.2, 0) is 19.7 Å². The number of esters is 1. The average molecular weight is 412 g/mol. The molecule has 1 aromatic heterocycles. The maximum absolute atomic E-state index is 12.9. The minimum absolute atomic E-state index is 0.0266. The monoisotopic (exact) mass is 411 g/mol. The molecule has 4 fully saturated rings. The molecule has 2 aliphatic carbocycles. The number of aromatic nitrogens is 2. The first-order valence-electron chi connectivity index (χ1n) is 11.5. The Labute approximate surface area is 178 Å². The van der Waals surface area contributed by atoms with Crippen molar-refractivity contribution in [3.8, 4) is 0 Å². The van der Waals surface area contributed by atoms with E-state index >= 15 is 0 Å². The van der Waals surface area contributed by atoms with Crippen molar-refractivity contribution in [3.05, 3.63) is 23.8 Å². The predicted molar refractivity (Wildman–Crippen MR) is 112 cm³/mol. The number of hydrogen-bond acceptors (Lipinski definition) is 5. The summed E-state index contributed by atoms with van der Waals surface area (Å²) in [5.41, 5.74) is 1.52. The van der Waals surface area contributed by atoms with Crippen LogP contribution in [0.15, 0.2) is 12.3 Å². The third kappa shape index (κ3) is 3.42. The first-order chi connectivity index (χ1) is 14.2. The Kier molecular flexibility index (Phi) is 4.50. The third-order valence-electron chi connectivity index (χ3n) is 8.03. The van der Waals surface area contributed by atoms with Crippen LogP contribution in [0.3, 0.4) is 0 Å². The first kappa shape index (κ1) is 20.0. The second kappa shape index (κ2) is 6.76. The van der Waals surface area contributed by atoms with Crippen molar-refractivity contribution >= 4 is 11.9 Å². The van der Waals surface area contributed by atoms with Gasteiger partial charge in [0.15, 0.2) is 0 Å². The lowest BCUT2D eigenvalue weighted by atomic mass is 9.56. The Balaban J connectivity index is 1.12. The number of piperidine rings is 1. The summed E-state index contributed by atoms with van der Waals surface area (Å²) < 4.78 is 5.13. The van der Waals surface area contributed by atoms with E-state index in [1.807, 2.05) is 6.20 Å². The standard InChI is InChI=1S/C24H33N3O3/c1-22(2,3)21-25-7-4-18(26-21)16-10-23(11-16)5-8-27(9-6-23)20(29)17-12-24(13-17)14-19(28)30-15-24/h4,7,16-17H,5-6,8-15H2,1-3H3. The Hall–Kier alpha value is -1.98. The highest BCUT2D eigenvalue weighted by molar-refractivity contribution is 5.81. The van der Waals surface area contributed by atoms with E-state index in [2.05, 4.69) is 36.7 Å². The second-order valence-corrected chi connectivity index (χ2v) is 11.4. The topological polar surface area (TPSA) is 72.4 Å².